The molecule has 7 nitrogen and oxygen atoms in total. The van der Waals surface area contributed by atoms with Gasteiger partial charge in [-0.1, -0.05) is 0 Å². The lowest BCUT2D eigenvalue weighted by atomic mass is 9.92. The standard InChI is InChI=1S/C23H35N3O4/c1-17-19(24-13-5-6-14-24)10-11-20(26(28)29)22(17)25-15-7-8-18(16-25)9-12-21(27)30-23(2,3)4/h10-11,18H,5-9,12-16H2,1-4H3/t18-/m0/s1. The molecule has 7 heteroatoms. The number of nitro benzene ring substituents is 1. The summed E-state index contributed by atoms with van der Waals surface area (Å²) < 4.78 is 5.44. The van der Waals surface area contributed by atoms with E-state index < -0.39 is 5.60 Å². The van der Waals surface area contributed by atoms with Crippen molar-refractivity contribution < 1.29 is 14.5 Å². The molecule has 2 saturated heterocycles. The van der Waals surface area contributed by atoms with Crippen LogP contribution in [0.25, 0.3) is 0 Å². The van der Waals surface area contributed by atoms with Crippen LogP contribution >= 0.6 is 0 Å². The van der Waals surface area contributed by atoms with E-state index in [0.717, 1.165) is 62.4 Å². The maximum absolute atomic E-state index is 12.1. The van der Waals surface area contributed by atoms with E-state index in [1.54, 1.807) is 6.07 Å². The first kappa shape index (κ1) is 22.4. The number of nitro groups is 1. The van der Waals surface area contributed by atoms with Gasteiger partial charge in [0, 0.05) is 49.9 Å². The molecule has 0 bridgehead atoms. The fourth-order valence-electron chi connectivity index (χ4n) is 4.74. The Labute approximate surface area is 179 Å². The van der Waals surface area contributed by atoms with Gasteiger partial charge in [-0.15, -0.1) is 0 Å². The summed E-state index contributed by atoms with van der Waals surface area (Å²) in [7, 11) is 0. The zero-order valence-corrected chi connectivity index (χ0v) is 18.8. The maximum Gasteiger partial charge on any atom is 0.306 e. The lowest BCUT2D eigenvalue weighted by Gasteiger charge is -2.36. The monoisotopic (exact) mass is 417 g/mol. The van der Waals surface area contributed by atoms with Gasteiger partial charge in [-0.2, -0.15) is 0 Å². The van der Waals surface area contributed by atoms with Gasteiger partial charge in [0.15, 0.2) is 0 Å². The highest BCUT2D eigenvalue weighted by molar-refractivity contribution is 5.76. The number of benzene rings is 1. The Morgan fingerprint density at radius 1 is 1.17 bits per heavy atom. The van der Waals surface area contributed by atoms with Crippen molar-refractivity contribution in [2.45, 2.75) is 71.8 Å². The predicted molar refractivity (Wildman–Crippen MR) is 119 cm³/mol. The normalized spacial score (nSPS) is 19.8. The highest BCUT2D eigenvalue weighted by Gasteiger charge is 2.30. The molecule has 30 heavy (non-hydrogen) atoms. The number of carbonyl (C=O) groups excluding carboxylic acids is 1. The van der Waals surface area contributed by atoms with Crippen LogP contribution in [0.3, 0.4) is 0 Å². The predicted octanol–water partition coefficient (Wildman–Crippen LogP) is 4.84. The molecule has 2 aliphatic rings. The smallest absolute Gasteiger partial charge is 0.306 e. The van der Waals surface area contributed by atoms with Crippen LogP contribution in [0.2, 0.25) is 0 Å². The van der Waals surface area contributed by atoms with Crippen LogP contribution in [-0.4, -0.2) is 42.7 Å². The number of carbonyl (C=O) groups is 1. The number of anilines is 2. The van der Waals surface area contributed by atoms with Gasteiger partial charge in [-0.05, 0) is 71.8 Å². The Morgan fingerprint density at radius 2 is 1.83 bits per heavy atom. The van der Waals surface area contributed by atoms with Gasteiger partial charge in [0.2, 0.25) is 0 Å². The molecule has 0 aliphatic carbocycles. The fraction of sp³-hybridized carbons (Fsp3) is 0.696. The maximum atomic E-state index is 12.1. The molecule has 0 aromatic heterocycles. The summed E-state index contributed by atoms with van der Waals surface area (Å²) >= 11 is 0. The number of ether oxygens (including phenoxy) is 1. The molecule has 166 valence electrons. The molecule has 0 unspecified atom stereocenters. The van der Waals surface area contributed by atoms with Gasteiger partial charge >= 0.3 is 5.97 Å². The summed E-state index contributed by atoms with van der Waals surface area (Å²) in [4.78, 5) is 28.1. The molecule has 1 atom stereocenters. The summed E-state index contributed by atoms with van der Waals surface area (Å²) in [5.74, 6) is 0.165. The molecule has 0 N–H and O–H groups in total. The topological polar surface area (TPSA) is 75.9 Å². The third-order valence-corrected chi connectivity index (χ3v) is 6.04. The van der Waals surface area contributed by atoms with Crippen molar-refractivity contribution in [3.8, 4) is 0 Å². The van der Waals surface area contributed by atoms with Crippen LogP contribution in [0.15, 0.2) is 12.1 Å². The quantitative estimate of drug-likeness (QED) is 0.374. The second-order valence-corrected chi connectivity index (χ2v) is 9.61. The minimum absolute atomic E-state index is 0.169. The van der Waals surface area contributed by atoms with Gasteiger partial charge in [0.05, 0.1) is 4.92 Å². The molecular formula is C23H35N3O4. The molecule has 0 spiro atoms. The summed E-state index contributed by atoms with van der Waals surface area (Å²) in [5, 5.41) is 11.8. The fourth-order valence-corrected chi connectivity index (χ4v) is 4.74. The second kappa shape index (κ2) is 9.23. The molecule has 1 aromatic carbocycles. The minimum Gasteiger partial charge on any atom is -0.460 e. The average molecular weight is 418 g/mol. The Hall–Kier alpha value is -2.31. The lowest BCUT2D eigenvalue weighted by molar-refractivity contribution is -0.384. The van der Waals surface area contributed by atoms with Crippen molar-refractivity contribution in [3.05, 3.63) is 27.8 Å². The first-order chi connectivity index (χ1) is 14.2. The molecule has 0 saturated carbocycles. The Balaban J connectivity index is 1.76. The SMILES string of the molecule is Cc1c(N2CCCC2)ccc([N+](=O)[O-])c1N1CCC[C@@H](CCC(=O)OC(C)(C)C)C1. The summed E-state index contributed by atoms with van der Waals surface area (Å²) in [6, 6.07) is 3.58. The summed E-state index contributed by atoms with van der Waals surface area (Å²) in [6.07, 6.45) is 5.50. The number of nitrogens with zero attached hydrogens (tertiary/aromatic N) is 3. The van der Waals surface area contributed by atoms with Crippen LogP contribution in [0.4, 0.5) is 17.1 Å². The van der Waals surface area contributed by atoms with E-state index in [-0.39, 0.29) is 16.6 Å². The van der Waals surface area contributed by atoms with Gasteiger partial charge in [0.25, 0.3) is 5.69 Å². The van der Waals surface area contributed by atoms with Crippen LogP contribution in [0, 0.1) is 23.0 Å². The first-order valence-electron chi connectivity index (χ1n) is 11.2. The zero-order chi connectivity index (χ0) is 21.9. The van der Waals surface area contributed by atoms with Crippen molar-refractivity contribution in [2.75, 3.05) is 36.0 Å². The Bertz CT molecular complexity index is 781. The van der Waals surface area contributed by atoms with Crippen LogP contribution in [-0.2, 0) is 9.53 Å². The molecule has 0 amide bonds. The van der Waals surface area contributed by atoms with Gasteiger partial charge in [-0.3, -0.25) is 14.9 Å². The lowest BCUT2D eigenvalue weighted by Crippen LogP contribution is -2.37. The Morgan fingerprint density at radius 3 is 2.47 bits per heavy atom. The van der Waals surface area contributed by atoms with Crippen LogP contribution in [0.1, 0.15) is 64.9 Å². The van der Waals surface area contributed by atoms with Crippen molar-refractivity contribution in [2.24, 2.45) is 5.92 Å². The number of esters is 1. The van der Waals surface area contributed by atoms with Gasteiger partial charge in [0.1, 0.15) is 11.3 Å². The Kier molecular flexibility index (Phi) is 6.88. The van der Waals surface area contributed by atoms with E-state index in [0.29, 0.717) is 12.3 Å². The second-order valence-electron chi connectivity index (χ2n) is 9.61. The third-order valence-electron chi connectivity index (χ3n) is 6.04. The summed E-state index contributed by atoms with van der Waals surface area (Å²) in [6.45, 7) is 11.2. The van der Waals surface area contributed by atoms with E-state index in [4.69, 9.17) is 4.74 Å². The number of hydrogen-bond donors (Lipinski definition) is 0. The molecule has 1 aromatic rings. The van der Waals surface area contributed by atoms with E-state index in [2.05, 4.69) is 9.80 Å². The number of piperidine rings is 1. The van der Waals surface area contributed by atoms with Gasteiger partial charge < -0.3 is 14.5 Å². The number of rotatable bonds is 6. The van der Waals surface area contributed by atoms with Crippen molar-refractivity contribution in [1.29, 1.82) is 0 Å². The van der Waals surface area contributed by atoms with Crippen molar-refractivity contribution in [1.82, 2.24) is 0 Å². The first-order valence-corrected chi connectivity index (χ1v) is 11.2. The van der Waals surface area contributed by atoms with Crippen LogP contribution < -0.4 is 9.80 Å². The minimum atomic E-state index is -0.469. The molecule has 3 rings (SSSR count). The van der Waals surface area contributed by atoms with Crippen molar-refractivity contribution in [3.63, 3.8) is 0 Å². The highest BCUT2D eigenvalue weighted by atomic mass is 16.6. The van der Waals surface area contributed by atoms with Crippen molar-refractivity contribution >= 4 is 23.0 Å². The summed E-state index contributed by atoms with van der Waals surface area (Å²) in [5.41, 5.74) is 2.58. The molecule has 2 aliphatic heterocycles. The van der Waals surface area contributed by atoms with E-state index in [1.807, 2.05) is 33.8 Å². The zero-order valence-electron chi connectivity index (χ0n) is 18.8. The highest BCUT2D eigenvalue weighted by Crippen LogP contribution is 2.40. The largest absolute Gasteiger partial charge is 0.460 e. The third kappa shape index (κ3) is 5.43. The van der Waals surface area contributed by atoms with E-state index >= 15 is 0 Å². The van der Waals surface area contributed by atoms with E-state index in [9.17, 15) is 14.9 Å². The molecule has 2 fully saturated rings. The van der Waals surface area contributed by atoms with E-state index in [1.165, 1.54) is 12.8 Å². The molecular weight excluding hydrogens is 382 g/mol. The average Bonchev–Trinajstić information content (AvgIpc) is 3.19. The van der Waals surface area contributed by atoms with Gasteiger partial charge in [-0.25, -0.2) is 0 Å². The van der Waals surface area contributed by atoms with Crippen LogP contribution in [0.5, 0.6) is 0 Å². The number of hydrogen-bond acceptors (Lipinski definition) is 6. The molecule has 0 radical (unpaired) electrons. The molecule has 2 heterocycles.